The molecule has 0 N–H and O–H groups in total. The fourth-order valence-electron chi connectivity index (χ4n) is 0.644. The quantitative estimate of drug-likeness (QED) is 0.496. The summed E-state index contributed by atoms with van der Waals surface area (Å²) in [6.07, 6.45) is 0. The van der Waals surface area contributed by atoms with E-state index in [4.69, 9.17) is 0 Å². The summed E-state index contributed by atoms with van der Waals surface area (Å²) in [5.74, 6) is 0. The van der Waals surface area contributed by atoms with Crippen LogP contribution in [0.5, 0.6) is 0 Å². The Kier molecular flexibility index (Phi) is 2.45. The third kappa shape index (κ3) is 1.92. The van der Waals surface area contributed by atoms with Crippen LogP contribution < -0.4 is 0 Å². The Morgan fingerprint density at radius 3 is 2.73 bits per heavy atom. The van der Waals surface area contributed by atoms with E-state index in [1.807, 2.05) is 0 Å². The molecule has 0 saturated carbocycles. The third-order valence-corrected chi connectivity index (χ3v) is 1.75. The summed E-state index contributed by atoms with van der Waals surface area (Å²) in [4.78, 5) is 10.0. The number of benzene rings is 1. The summed E-state index contributed by atoms with van der Waals surface area (Å²) in [7, 11) is 0. The second-order valence-electron chi connectivity index (χ2n) is 1.82. The van der Waals surface area contributed by atoms with Gasteiger partial charge < -0.3 is 4.55 Å². The van der Waals surface area contributed by atoms with Gasteiger partial charge in [0.05, 0.1) is 0 Å². The fourth-order valence-corrected chi connectivity index (χ4v) is 1.05. The Balaban J connectivity index is 3.10. The van der Waals surface area contributed by atoms with Gasteiger partial charge in [-0.2, -0.15) is 0 Å². The van der Waals surface area contributed by atoms with Gasteiger partial charge in [0.15, 0.2) is 0 Å². The largest absolute Gasteiger partial charge is 0.768 e. The van der Waals surface area contributed by atoms with Crippen molar-refractivity contribution >= 4 is 16.8 Å². The highest BCUT2D eigenvalue weighted by molar-refractivity contribution is 7.79. The molecule has 58 valence electrons. The first-order valence-electron chi connectivity index (χ1n) is 2.77. The molecule has 1 atom stereocenters. The zero-order valence-corrected chi connectivity index (χ0v) is 6.21. The van der Waals surface area contributed by atoms with Crippen LogP contribution in [0.1, 0.15) is 0 Å². The second kappa shape index (κ2) is 3.36. The summed E-state index contributed by atoms with van der Waals surface area (Å²) >= 11 is -2.29. The van der Waals surface area contributed by atoms with Crippen molar-refractivity contribution in [1.82, 2.24) is 0 Å². The van der Waals surface area contributed by atoms with Gasteiger partial charge >= 0.3 is 0 Å². The van der Waals surface area contributed by atoms with Crippen LogP contribution in [0, 0.1) is 4.91 Å². The summed E-state index contributed by atoms with van der Waals surface area (Å²) in [5, 5.41) is 2.59. The summed E-state index contributed by atoms with van der Waals surface area (Å²) in [6, 6.07) is 5.49. The lowest BCUT2D eigenvalue weighted by atomic mass is 10.3. The van der Waals surface area contributed by atoms with Gasteiger partial charge in [-0.15, -0.1) is 4.91 Å². The van der Waals surface area contributed by atoms with Gasteiger partial charge in [-0.05, 0) is 34.5 Å². The number of nitrogens with zero attached hydrogens (tertiary/aromatic N) is 1. The van der Waals surface area contributed by atoms with Crippen molar-refractivity contribution < 1.29 is 8.76 Å². The van der Waals surface area contributed by atoms with Crippen LogP contribution in [-0.2, 0) is 11.1 Å². The van der Waals surface area contributed by atoms with E-state index < -0.39 is 11.1 Å². The van der Waals surface area contributed by atoms with Crippen molar-refractivity contribution in [2.24, 2.45) is 5.18 Å². The highest BCUT2D eigenvalue weighted by Crippen LogP contribution is 2.14. The molecule has 0 bridgehead atoms. The van der Waals surface area contributed by atoms with Crippen LogP contribution in [0.3, 0.4) is 0 Å². The topological polar surface area (TPSA) is 69.6 Å². The minimum Gasteiger partial charge on any atom is -0.768 e. The average Bonchev–Trinajstić information content (AvgIpc) is 2.05. The standard InChI is InChI=1S/C6H5NO3S/c8-7-5-2-1-3-6(4-5)11(9)10/h1-4H,(H,9,10)/p-1. The first kappa shape index (κ1) is 8.03. The minimum atomic E-state index is -2.29. The molecule has 0 heterocycles. The molecule has 4 nitrogen and oxygen atoms in total. The van der Waals surface area contributed by atoms with Gasteiger partial charge in [0.25, 0.3) is 0 Å². The van der Waals surface area contributed by atoms with Gasteiger partial charge in [0.2, 0.25) is 0 Å². The van der Waals surface area contributed by atoms with Crippen molar-refractivity contribution in [3.63, 3.8) is 0 Å². The van der Waals surface area contributed by atoms with Crippen LogP contribution in [0.25, 0.3) is 0 Å². The molecular weight excluding hydrogens is 166 g/mol. The smallest absolute Gasteiger partial charge is 0.109 e. The van der Waals surface area contributed by atoms with E-state index in [2.05, 4.69) is 5.18 Å². The predicted molar refractivity (Wildman–Crippen MR) is 39.1 cm³/mol. The van der Waals surface area contributed by atoms with Crippen molar-refractivity contribution in [1.29, 1.82) is 0 Å². The van der Waals surface area contributed by atoms with E-state index in [0.717, 1.165) is 0 Å². The molecule has 1 aromatic carbocycles. The molecule has 0 aromatic heterocycles. The second-order valence-corrected chi connectivity index (χ2v) is 2.76. The SMILES string of the molecule is O=Nc1cccc(S(=O)[O-])c1. The van der Waals surface area contributed by atoms with Gasteiger partial charge in [0, 0.05) is 4.90 Å². The molecule has 11 heavy (non-hydrogen) atoms. The van der Waals surface area contributed by atoms with E-state index in [1.165, 1.54) is 24.3 Å². The van der Waals surface area contributed by atoms with Crippen LogP contribution in [-0.4, -0.2) is 8.76 Å². The zero-order chi connectivity index (χ0) is 8.27. The van der Waals surface area contributed by atoms with E-state index in [1.54, 1.807) is 0 Å². The van der Waals surface area contributed by atoms with Crippen molar-refractivity contribution in [2.75, 3.05) is 0 Å². The third-order valence-electron chi connectivity index (χ3n) is 1.12. The normalized spacial score (nSPS) is 12.5. The molecule has 0 spiro atoms. The highest BCUT2D eigenvalue weighted by atomic mass is 32.2. The maximum absolute atomic E-state index is 10.3. The van der Waals surface area contributed by atoms with Gasteiger partial charge in [0.1, 0.15) is 5.69 Å². The number of rotatable bonds is 2. The van der Waals surface area contributed by atoms with E-state index >= 15 is 0 Å². The maximum Gasteiger partial charge on any atom is 0.109 e. The Bertz CT molecular complexity index is 300. The molecule has 1 aromatic rings. The van der Waals surface area contributed by atoms with Crippen molar-refractivity contribution in [3.05, 3.63) is 29.2 Å². The lowest BCUT2D eigenvalue weighted by Gasteiger charge is -2.03. The summed E-state index contributed by atoms with van der Waals surface area (Å²) in [6.45, 7) is 0. The van der Waals surface area contributed by atoms with Gasteiger partial charge in [-0.3, -0.25) is 4.21 Å². The monoisotopic (exact) mass is 170 g/mol. The lowest BCUT2D eigenvalue weighted by molar-refractivity contribution is 0.537. The van der Waals surface area contributed by atoms with Gasteiger partial charge in [-0.1, -0.05) is 6.07 Å². The summed E-state index contributed by atoms with van der Waals surface area (Å²) in [5.41, 5.74) is 0.117. The molecule has 1 unspecified atom stereocenters. The highest BCUT2D eigenvalue weighted by Gasteiger charge is 1.93. The molecule has 0 fully saturated rings. The van der Waals surface area contributed by atoms with Gasteiger partial charge in [-0.25, -0.2) is 0 Å². The molecule has 0 aliphatic heterocycles. The van der Waals surface area contributed by atoms with E-state index in [-0.39, 0.29) is 10.6 Å². The first-order valence-corrected chi connectivity index (χ1v) is 3.84. The average molecular weight is 170 g/mol. The molecule has 0 amide bonds. The van der Waals surface area contributed by atoms with Crippen LogP contribution in [0.15, 0.2) is 34.3 Å². The van der Waals surface area contributed by atoms with Crippen LogP contribution in [0.2, 0.25) is 0 Å². The Hall–Kier alpha value is -1.07. The lowest BCUT2D eigenvalue weighted by Crippen LogP contribution is -1.86. The minimum absolute atomic E-state index is 0.0714. The number of hydrogen-bond acceptors (Lipinski definition) is 4. The van der Waals surface area contributed by atoms with Crippen molar-refractivity contribution in [3.8, 4) is 0 Å². The molecular formula is C6H4NO3S-. The Morgan fingerprint density at radius 1 is 1.45 bits per heavy atom. The molecule has 0 radical (unpaired) electrons. The van der Waals surface area contributed by atoms with E-state index in [9.17, 15) is 13.7 Å². The van der Waals surface area contributed by atoms with Crippen LogP contribution in [0.4, 0.5) is 5.69 Å². The maximum atomic E-state index is 10.3. The molecule has 0 aliphatic carbocycles. The number of nitroso groups, excluding NO2 is 1. The molecule has 5 heteroatoms. The number of hydrogen-bond donors (Lipinski definition) is 0. The summed E-state index contributed by atoms with van der Waals surface area (Å²) < 4.78 is 20.7. The fraction of sp³-hybridized carbons (Fsp3) is 0. The predicted octanol–water partition coefficient (Wildman–Crippen LogP) is 1.32. The van der Waals surface area contributed by atoms with E-state index in [0.29, 0.717) is 0 Å². The molecule has 0 saturated heterocycles. The zero-order valence-electron chi connectivity index (χ0n) is 5.39. The Labute approximate surface area is 65.5 Å². The Morgan fingerprint density at radius 2 is 2.18 bits per heavy atom. The molecule has 0 aliphatic rings. The first-order chi connectivity index (χ1) is 5.24. The molecule has 1 rings (SSSR count). The van der Waals surface area contributed by atoms with Crippen LogP contribution >= 0.6 is 0 Å². The van der Waals surface area contributed by atoms with Crippen molar-refractivity contribution in [2.45, 2.75) is 4.90 Å².